The van der Waals surface area contributed by atoms with Crippen LogP contribution in [0.2, 0.25) is 0 Å². The second kappa shape index (κ2) is 7.18. The number of aromatic hydroxyl groups is 1. The van der Waals surface area contributed by atoms with Gasteiger partial charge < -0.3 is 14.9 Å². The first kappa shape index (κ1) is 17.5. The van der Waals surface area contributed by atoms with E-state index in [4.69, 9.17) is 4.74 Å². The Labute approximate surface area is 137 Å². The van der Waals surface area contributed by atoms with Crippen molar-refractivity contribution in [1.29, 1.82) is 0 Å². The second-order valence-corrected chi connectivity index (χ2v) is 6.47. The number of carbonyl (C=O) groups is 1. The molecule has 1 aromatic rings. The molecular formula is C19H26O4. The molecule has 1 unspecified atom stereocenters. The Morgan fingerprint density at radius 1 is 1.30 bits per heavy atom. The summed E-state index contributed by atoms with van der Waals surface area (Å²) in [4.78, 5) is 11.2. The number of carbonyl (C=O) groups excluding carboxylic acids is 1. The van der Waals surface area contributed by atoms with Crippen LogP contribution in [0.4, 0.5) is 0 Å². The number of aliphatic hydroxyl groups is 1. The number of aldehydes is 1. The predicted molar refractivity (Wildman–Crippen MR) is 90.1 cm³/mol. The van der Waals surface area contributed by atoms with Crippen molar-refractivity contribution in [2.24, 2.45) is 0 Å². The molecule has 1 atom stereocenters. The minimum atomic E-state index is -0.804. The molecule has 0 fully saturated rings. The van der Waals surface area contributed by atoms with Crippen molar-refractivity contribution in [2.75, 3.05) is 6.61 Å². The largest absolute Gasteiger partial charge is 0.507 e. The van der Waals surface area contributed by atoms with Gasteiger partial charge in [0.2, 0.25) is 0 Å². The number of rotatable bonds is 6. The topological polar surface area (TPSA) is 66.8 Å². The van der Waals surface area contributed by atoms with Crippen LogP contribution in [0.1, 0.15) is 61.9 Å². The second-order valence-electron chi connectivity index (χ2n) is 6.47. The summed E-state index contributed by atoms with van der Waals surface area (Å²) in [7, 11) is 0. The number of phenolic OH excluding ortho intramolecular Hbond substituents is 1. The van der Waals surface area contributed by atoms with Gasteiger partial charge in [-0.25, -0.2) is 0 Å². The van der Waals surface area contributed by atoms with Crippen molar-refractivity contribution in [3.8, 4) is 11.5 Å². The van der Waals surface area contributed by atoms with Crippen molar-refractivity contribution in [3.05, 3.63) is 34.4 Å². The van der Waals surface area contributed by atoms with E-state index in [0.717, 1.165) is 36.8 Å². The molecule has 0 saturated carbocycles. The molecule has 0 bridgehead atoms. The maximum absolute atomic E-state index is 11.2. The molecule has 4 heteroatoms. The Hall–Kier alpha value is -1.81. The van der Waals surface area contributed by atoms with Crippen LogP contribution in [0.5, 0.6) is 11.5 Å². The number of hydrogen-bond donors (Lipinski definition) is 2. The highest BCUT2D eigenvalue weighted by molar-refractivity contribution is 5.84. The molecule has 0 aliphatic heterocycles. The first-order chi connectivity index (χ1) is 10.9. The summed E-state index contributed by atoms with van der Waals surface area (Å²) in [6.45, 7) is 5.91. The Morgan fingerprint density at radius 2 is 2.00 bits per heavy atom. The van der Waals surface area contributed by atoms with Gasteiger partial charge in [-0.1, -0.05) is 13.0 Å². The van der Waals surface area contributed by atoms with E-state index in [-0.39, 0.29) is 11.3 Å². The normalized spacial score (nSPS) is 17.7. The molecule has 0 amide bonds. The average Bonchev–Trinajstić information content (AvgIpc) is 2.56. The maximum Gasteiger partial charge on any atom is 0.157 e. The SMILES string of the molecule is CCC(C)(O)C1=C(COc2ccc(C)c(O)c2C=O)CCCC1. The molecule has 1 aliphatic carbocycles. The van der Waals surface area contributed by atoms with Gasteiger partial charge >= 0.3 is 0 Å². The van der Waals surface area contributed by atoms with Gasteiger partial charge in [0.05, 0.1) is 11.2 Å². The van der Waals surface area contributed by atoms with Crippen molar-refractivity contribution in [1.82, 2.24) is 0 Å². The van der Waals surface area contributed by atoms with Crippen LogP contribution < -0.4 is 4.74 Å². The van der Waals surface area contributed by atoms with E-state index in [2.05, 4.69) is 0 Å². The molecule has 0 heterocycles. The molecule has 1 aliphatic rings. The Bertz CT molecular complexity index is 614. The molecule has 2 rings (SSSR count). The molecule has 0 spiro atoms. The van der Waals surface area contributed by atoms with Gasteiger partial charge in [-0.2, -0.15) is 0 Å². The average molecular weight is 318 g/mol. The van der Waals surface area contributed by atoms with Crippen LogP contribution in [0.25, 0.3) is 0 Å². The Kier molecular flexibility index (Phi) is 5.47. The van der Waals surface area contributed by atoms with E-state index in [1.807, 2.05) is 13.8 Å². The summed E-state index contributed by atoms with van der Waals surface area (Å²) in [5.74, 6) is 0.354. The molecule has 0 aromatic heterocycles. The summed E-state index contributed by atoms with van der Waals surface area (Å²) in [5, 5.41) is 20.6. The van der Waals surface area contributed by atoms with Gasteiger partial charge in [0.1, 0.15) is 18.1 Å². The summed E-state index contributed by atoms with van der Waals surface area (Å²) in [6, 6.07) is 3.44. The van der Waals surface area contributed by atoms with Crippen molar-refractivity contribution >= 4 is 6.29 Å². The van der Waals surface area contributed by atoms with E-state index < -0.39 is 5.60 Å². The number of benzene rings is 1. The van der Waals surface area contributed by atoms with E-state index in [1.165, 1.54) is 0 Å². The molecule has 1 aromatic carbocycles. The third kappa shape index (κ3) is 3.75. The quantitative estimate of drug-likeness (QED) is 0.616. The number of ether oxygens (including phenoxy) is 1. The lowest BCUT2D eigenvalue weighted by Crippen LogP contribution is -2.29. The van der Waals surface area contributed by atoms with Crippen LogP contribution in [0.15, 0.2) is 23.3 Å². The fourth-order valence-corrected chi connectivity index (χ4v) is 3.09. The standard InChI is InChI=1S/C19H26O4/c1-4-19(3,22)16-8-6-5-7-14(16)12-23-17-10-9-13(2)18(21)15(17)11-20/h9-11,21-22H,4-8,12H2,1-3H3. The smallest absolute Gasteiger partial charge is 0.157 e. The third-order valence-corrected chi connectivity index (χ3v) is 4.82. The number of hydrogen-bond acceptors (Lipinski definition) is 4. The zero-order chi connectivity index (χ0) is 17.0. The maximum atomic E-state index is 11.2. The van der Waals surface area contributed by atoms with E-state index >= 15 is 0 Å². The van der Waals surface area contributed by atoms with Crippen molar-refractivity contribution in [3.63, 3.8) is 0 Å². The van der Waals surface area contributed by atoms with Crippen molar-refractivity contribution in [2.45, 2.75) is 58.5 Å². The zero-order valence-corrected chi connectivity index (χ0v) is 14.2. The fourth-order valence-electron chi connectivity index (χ4n) is 3.09. The highest BCUT2D eigenvalue weighted by Gasteiger charge is 2.28. The lowest BCUT2D eigenvalue weighted by Gasteiger charge is -2.31. The van der Waals surface area contributed by atoms with Gasteiger partial charge in [-0.3, -0.25) is 4.79 Å². The number of phenols is 1. The monoisotopic (exact) mass is 318 g/mol. The molecule has 0 saturated heterocycles. The molecule has 23 heavy (non-hydrogen) atoms. The first-order valence-electron chi connectivity index (χ1n) is 8.25. The van der Waals surface area contributed by atoms with Crippen LogP contribution in [0, 0.1) is 6.92 Å². The summed E-state index contributed by atoms with van der Waals surface area (Å²) in [5.41, 5.74) is 2.20. The lowest BCUT2D eigenvalue weighted by atomic mass is 9.81. The van der Waals surface area contributed by atoms with E-state index in [0.29, 0.717) is 30.6 Å². The molecule has 0 radical (unpaired) electrons. The molecule has 2 N–H and O–H groups in total. The summed E-state index contributed by atoms with van der Waals surface area (Å²) in [6.07, 6.45) is 5.24. The van der Waals surface area contributed by atoms with Gasteiger partial charge in [0, 0.05) is 0 Å². The van der Waals surface area contributed by atoms with Crippen LogP contribution in [0.3, 0.4) is 0 Å². The third-order valence-electron chi connectivity index (χ3n) is 4.82. The summed E-state index contributed by atoms with van der Waals surface area (Å²) < 4.78 is 5.81. The van der Waals surface area contributed by atoms with Crippen LogP contribution >= 0.6 is 0 Å². The molecular weight excluding hydrogens is 292 g/mol. The first-order valence-corrected chi connectivity index (χ1v) is 8.25. The van der Waals surface area contributed by atoms with Crippen LogP contribution in [-0.4, -0.2) is 28.7 Å². The van der Waals surface area contributed by atoms with E-state index in [1.54, 1.807) is 19.1 Å². The lowest BCUT2D eigenvalue weighted by molar-refractivity contribution is 0.0861. The highest BCUT2D eigenvalue weighted by atomic mass is 16.5. The van der Waals surface area contributed by atoms with Gasteiger partial charge in [-0.05, 0) is 68.7 Å². The molecule has 4 nitrogen and oxygen atoms in total. The Morgan fingerprint density at radius 3 is 2.65 bits per heavy atom. The Balaban J connectivity index is 2.25. The minimum absolute atomic E-state index is 0.0316. The fraction of sp³-hybridized carbons (Fsp3) is 0.526. The zero-order valence-electron chi connectivity index (χ0n) is 14.2. The minimum Gasteiger partial charge on any atom is -0.507 e. The van der Waals surface area contributed by atoms with Gasteiger partial charge in [-0.15, -0.1) is 0 Å². The van der Waals surface area contributed by atoms with Crippen molar-refractivity contribution < 1.29 is 19.7 Å². The van der Waals surface area contributed by atoms with Gasteiger partial charge in [0.25, 0.3) is 0 Å². The van der Waals surface area contributed by atoms with Gasteiger partial charge in [0.15, 0.2) is 6.29 Å². The molecule has 126 valence electrons. The predicted octanol–water partition coefficient (Wildman–Crippen LogP) is 3.92. The van der Waals surface area contributed by atoms with E-state index in [9.17, 15) is 15.0 Å². The summed E-state index contributed by atoms with van der Waals surface area (Å²) >= 11 is 0. The van der Waals surface area contributed by atoms with Crippen LogP contribution in [-0.2, 0) is 0 Å². The number of aryl methyl sites for hydroxylation is 1. The highest BCUT2D eigenvalue weighted by Crippen LogP contribution is 2.35.